The van der Waals surface area contributed by atoms with E-state index in [0.29, 0.717) is 12.4 Å². The summed E-state index contributed by atoms with van der Waals surface area (Å²) in [6.07, 6.45) is -4.34. The molecule has 212 valence electrons. The maximum atomic E-state index is 13.6. The second-order valence-corrected chi connectivity index (χ2v) is 9.68. The zero-order valence-electron chi connectivity index (χ0n) is 22.9. The Kier molecular flexibility index (Phi) is 10.3. The summed E-state index contributed by atoms with van der Waals surface area (Å²) in [5.41, 5.74) is 2.90. The molecule has 5 atom stereocenters. The number of carbonyl (C=O) groups is 1. The molecular weight excluding hydrogens is 520 g/mol. The van der Waals surface area contributed by atoms with Crippen molar-refractivity contribution in [2.75, 3.05) is 7.11 Å². The highest BCUT2D eigenvalue weighted by Crippen LogP contribution is 2.32. The van der Waals surface area contributed by atoms with Gasteiger partial charge < -0.3 is 28.4 Å². The number of ether oxygens (including phenoxy) is 6. The first-order valence-corrected chi connectivity index (χ1v) is 13.6. The zero-order valence-corrected chi connectivity index (χ0v) is 22.9. The minimum absolute atomic E-state index is 0.234. The van der Waals surface area contributed by atoms with Crippen molar-refractivity contribution in [2.24, 2.45) is 0 Å². The minimum atomic E-state index is -1.14. The summed E-state index contributed by atoms with van der Waals surface area (Å²) < 4.78 is 37.0. The van der Waals surface area contributed by atoms with Crippen molar-refractivity contribution in [3.8, 4) is 5.75 Å². The Labute approximate surface area is 240 Å². The van der Waals surface area contributed by atoms with E-state index < -0.39 is 36.7 Å². The fourth-order valence-electron chi connectivity index (χ4n) is 4.70. The monoisotopic (exact) mass is 554 g/mol. The number of methoxy groups -OCH3 is 1. The van der Waals surface area contributed by atoms with Crippen LogP contribution in [0.4, 0.5) is 0 Å². The molecule has 1 saturated heterocycles. The molecule has 0 radical (unpaired) electrons. The lowest BCUT2D eigenvalue weighted by Gasteiger charge is -2.44. The van der Waals surface area contributed by atoms with Crippen molar-refractivity contribution in [2.45, 2.75) is 50.5 Å². The van der Waals surface area contributed by atoms with Gasteiger partial charge in [-0.3, -0.25) is 0 Å². The Bertz CT molecular complexity index is 1320. The topological polar surface area (TPSA) is 72.5 Å². The third-order valence-corrected chi connectivity index (χ3v) is 6.78. The van der Waals surface area contributed by atoms with Crippen LogP contribution >= 0.6 is 0 Å². The van der Waals surface area contributed by atoms with Gasteiger partial charge in [0.15, 0.2) is 12.4 Å². The fraction of sp³-hybridized carbons (Fsp3) is 0.265. The molecule has 0 aromatic heterocycles. The van der Waals surface area contributed by atoms with Crippen LogP contribution in [-0.4, -0.2) is 43.8 Å². The summed E-state index contributed by atoms with van der Waals surface area (Å²) in [7, 11) is 1.52. The fourth-order valence-corrected chi connectivity index (χ4v) is 4.70. The standard InChI is InChI=1S/C34H34O7/c1-36-34-32(39-24-27-18-10-4-11-19-27)30(38-23-26-16-8-3-9-17-26)29(37-22-25-14-6-2-7-15-25)31(41-34)33(35)40-28-20-12-5-13-21-28/h2-21,29-32,34H,22-24H2,1H3/t29-,30-,31+,32+,34-/m0/s1. The van der Waals surface area contributed by atoms with E-state index in [2.05, 4.69) is 0 Å². The number of hydrogen-bond donors (Lipinski definition) is 0. The SMILES string of the molecule is CO[C@H]1O[C@@H](C(=O)Oc2ccccc2)[C@@H](OCc2ccccc2)[C@H](OCc2ccccc2)[C@H]1OCc1ccccc1. The smallest absolute Gasteiger partial charge is 0.343 e. The molecule has 4 aromatic rings. The van der Waals surface area contributed by atoms with Crippen molar-refractivity contribution in [1.82, 2.24) is 0 Å². The van der Waals surface area contributed by atoms with Crippen LogP contribution in [0.25, 0.3) is 0 Å². The molecule has 5 rings (SSSR count). The Morgan fingerprint density at radius 1 is 0.585 bits per heavy atom. The number of esters is 1. The van der Waals surface area contributed by atoms with Gasteiger partial charge in [-0.1, -0.05) is 109 Å². The number of rotatable bonds is 12. The molecule has 7 nitrogen and oxygen atoms in total. The van der Waals surface area contributed by atoms with Crippen LogP contribution in [-0.2, 0) is 48.3 Å². The number of carbonyl (C=O) groups excluding carboxylic acids is 1. The quantitative estimate of drug-likeness (QED) is 0.164. The third-order valence-electron chi connectivity index (χ3n) is 6.78. The van der Waals surface area contributed by atoms with Crippen molar-refractivity contribution in [3.63, 3.8) is 0 Å². The van der Waals surface area contributed by atoms with Crippen LogP contribution in [0.5, 0.6) is 5.75 Å². The van der Waals surface area contributed by atoms with Gasteiger partial charge in [-0.05, 0) is 28.8 Å². The summed E-state index contributed by atoms with van der Waals surface area (Å²) in [5.74, 6) is -0.202. The lowest BCUT2D eigenvalue weighted by Crippen LogP contribution is -2.63. The summed E-state index contributed by atoms with van der Waals surface area (Å²) >= 11 is 0. The molecule has 0 bridgehead atoms. The average molecular weight is 555 g/mol. The Balaban J connectivity index is 1.45. The molecule has 1 heterocycles. The Hall–Kier alpha value is -3.85. The molecule has 0 unspecified atom stereocenters. The summed E-state index contributed by atoms with van der Waals surface area (Å²) in [6.45, 7) is 0.807. The van der Waals surface area contributed by atoms with E-state index in [0.717, 1.165) is 16.7 Å². The Morgan fingerprint density at radius 3 is 1.46 bits per heavy atom. The van der Waals surface area contributed by atoms with Crippen LogP contribution in [0, 0.1) is 0 Å². The molecule has 1 fully saturated rings. The first kappa shape index (κ1) is 28.7. The molecule has 4 aromatic carbocycles. The minimum Gasteiger partial charge on any atom is -0.425 e. The van der Waals surface area contributed by atoms with Crippen molar-refractivity contribution in [1.29, 1.82) is 0 Å². The van der Waals surface area contributed by atoms with Crippen LogP contribution in [0.1, 0.15) is 16.7 Å². The highest BCUT2D eigenvalue weighted by Gasteiger charge is 2.52. The van der Waals surface area contributed by atoms with E-state index >= 15 is 0 Å². The van der Waals surface area contributed by atoms with Crippen LogP contribution in [0.3, 0.4) is 0 Å². The van der Waals surface area contributed by atoms with E-state index in [1.807, 2.05) is 97.1 Å². The van der Waals surface area contributed by atoms with Crippen LogP contribution < -0.4 is 4.74 Å². The zero-order chi connectivity index (χ0) is 28.3. The molecular formula is C34H34O7. The molecule has 0 spiro atoms. The predicted octanol–water partition coefficient (Wildman–Crippen LogP) is 5.72. The van der Waals surface area contributed by atoms with Crippen molar-refractivity contribution in [3.05, 3.63) is 138 Å². The maximum Gasteiger partial charge on any atom is 0.343 e. The molecule has 41 heavy (non-hydrogen) atoms. The summed E-state index contributed by atoms with van der Waals surface area (Å²) in [4.78, 5) is 13.6. The molecule has 1 aliphatic heterocycles. The molecule has 0 amide bonds. The van der Waals surface area contributed by atoms with Gasteiger partial charge in [0.2, 0.25) is 0 Å². The average Bonchev–Trinajstić information content (AvgIpc) is 3.03. The van der Waals surface area contributed by atoms with Gasteiger partial charge in [0.05, 0.1) is 19.8 Å². The summed E-state index contributed by atoms with van der Waals surface area (Å²) in [5, 5.41) is 0. The number of para-hydroxylation sites is 1. The van der Waals surface area contributed by atoms with Gasteiger partial charge >= 0.3 is 5.97 Å². The van der Waals surface area contributed by atoms with Gasteiger partial charge in [0.25, 0.3) is 0 Å². The lowest BCUT2D eigenvalue weighted by molar-refractivity contribution is -0.313. The second kappa shape index (κ2) is 14.7. The molecule has 0 aliphatic carbocycles. The third kappa shape index (κ3) is 7.88. The largest absolute Gasteiger partial charge is 0.425 e. The summed E-state index contributed by atoms with van der Waals surface area (Å²) in [6, 6.07) is 38.2. The van der Waals surface area contributed by atoms with E-state index in [9.17, 15) is 4.79 Å². The highest BCUT2D eigenvalue weighted by molar-refractivity contribution is 5.78. The van der Waals surface area contributed by atoms with E-state index in [-0.39, 0.29) is 13.2 Å². The van der Waals surface area contributed by atoms with E-state index in [4.69, 9.17) is 28.4 Å². The molecule has 1 aliphatic rings. The normalized spacial score (nSPS) is 22.2. The highest BCUT2D eigenvalue weighted by atomic mass is 16.7. The van der Waals surface area contributed by atoms with Gasteiger partial charge in [-0.25, -0.2) is 4.79 Å². The van der Waals surface area contributed by atoms with Crippen molar-refractivity contribution >= 4 is 5.97 Å². The molecule has 7 heteroatoms. The van der Waals surface area contributed by atoms with Gasteiger partial charge in [0, 0.05) is 7.11 Å². The van der Waals surface area contributed by atoms with E-state index in [1.54, 1.807) is 24.3 Å². The van der Waals surface area contributed by atoms with Gasteiger partial charge in [-0.2, -0.15) is 0 Å². The second-order valence-electron chi connectivity index (χ2n) is 9.68. The number of hydrogen-bond acceptors (Lipinski definition) is 7. The molecule has 0 saturated carbocycles. The first-order chi connectivity index (χ1) is 20.2. The lowest BCUT2D eigenvalue weighted by atomic mass is 9.97. The Morgan fingerprint density at radius 2 is 1.00 bits per heavy atom. The van der Waals surface area contributed by atoms with Crippen LogP contribution in [0.2, 0.25) is 0 Å². The van der Waals surface area contributed by atoms with Crippen molar-refractivity contribution < 1.29 is 33.2 Å². The number of benzene rings is 4. The molecule has 0 N–H and O–H groups in total. The van der Waals surface area contributed by atoms with Gasteiger partial charge in [0.1, 0.15) is 24.1 Å². The first-order valence-electron chi connectivity index (χ1n) is 13.6. The predicted molar refractivity (Wildman–Crippen MR) is 153 cm³/mol. The van der Waals surface area contributed by atoms with Crippen LogP contribution in [0.15, 0.2) is 121 Å². The maximum absolute atomic E-state index is 13.6. The van der Waals surface area contributed by atoms with Gasteiger partial charge in [-0.15, -0.1) is 0 Å². The van der Waals surface area contributed by atoms with E-state index in [1.165, 1.54) is 7.11 Å².